The van der Waals surface area contributed by atoms with Gasteiger partial charge in [0.1, 0.15) is 11.6 Å². The number of aliphatic carboxylic acids is 1. The summed E-state index contributed by atoms with van der Waals surface area (Å²) in [6.45, 7) is 0. The lowest BCUT2D eigenvalue weighted by Gasteiger charge is -2.15. The second-order valence-corrected chi connectivity index (χ2v) is 9.41. The largest absolute Gasteiger partial charge is 0.481 e. The first-order chi connectivity index (χ1) is 16.4. The lowest BCUT2D eigenvalue weighted by atomic mass is 9.88. The first-order valence-corrected chi connectivity index (χ1v) is 11.7. The number of carbonyl (C=O) groups excluding carboxylic acids is 1. The normalized spacial score (nSPS) is 17.7. The second-order valence-electron chi connectivity index (χ2n) is 8.37. The predicted octanol–water partition coefficient (Wildman–Crippen LogP) is 6.67. The molecule has 1 heterocycles. The molecular formula is C26H20F2N2O3S. The molecule has 8 heteroatoms. The maximum Gasteiger partial charge on any atom is 0.307 e. The zero-order chi connectivity index (χ0) is 23.8. The second kappa shape index (κ2) is 8.95. The van der Waals surface area contributed by atoms with Gasteiger partial charge in [0.15, 0.2) is 10.9 Å². The molecule has 0 saturated heterocycles. The van der Waals surface area contributed by atoms with Crippen molar-refractivity contribution >= 4 is 44.1 Å². The number of benzene rings is 3. The van der Waals surface area contributed by atoms with Crippen LogP contribution in [0.25, 0.3) is 21.3 Å². The molecular weight excluding hydrogens is 458 g/mol. The topological polar surface area (TPSA) is 79.3 Å². The Hall–Kier alpha value is -3.65. The van der Waals surface area contributed by atoms with E-state index in [9.17, 15) is 23.5 Å². The minimum Gasteiger partial charge on any atom is -0.481 e. The van der Waals surface area contributed by atoms with Crippen LogP contribution in [0, 0.1) is 23.5 Å². The summed E-state index contributed by atoms with van der Waals surface area (Å²) in [6, 6.07) is 15.9. The summed E-state index contributed by atoms with van der Waals surface area (Å²) in [5, 5.41) is 12.8. The molecule has 5 nitrogen and oxygen atoms in total. The Balaban J connectivity index is 1.32. The van der Waals surface area contributed by atoms with E-state index in [1.165, 1.54) is 29.5 Å². The number of hydrogen-bond acceptors (Lipinski definition) is 5. The fraction of sp³-hybridized carbons (Fsp3) is 0.192. The van der Waals surface area contributed by atoms with Crippen molar-refractivity contribution < 1.29 is 23.5 Å². The Kier molecular flexibility index (Phi) is 5.83. The van der Waals surface area contributed by atoms with Gasteiger partial charge in [0, 0.05) is 17.5 Å². The van der Waals surface area contributed by atoms with Gasteiger partial charge in [-0.15, -0.1) is 0 Å². The van der Waals surface area contributed by atoms with Crippen molar-refractivity contribution in [1.82, 2.24) is 4.98 Å². The molecule has 0 radical (unpaired) electrons. The minimum absolute atomic E-state index is 0.155. The molecule has 34 heavy (non-hydrogen) atoms. The Bertz CT molecular complexity index is 1400. The van der Waals surface area contributed by atoms with Crippen LogP contribution < -0.4 is 5.32 Å². The SMILES string of the molecule is O=C(O)C1CCCC1C(=O)c1ccc(-c2ccc(Nc3nc4cc(F)ccc4s3)c(F)c2)cc1. The number of carbonyl (C=O) groups is 2. The van der Waals surface area contributed by atoms with E-state index in [1.54, 1.807) is 42.5 Å². The standard InChI is InChI=1S/C26H20F2N2O3S/c27-17-9-11-23-22(13-17)30-26(34-23)29-21-10-8-16(12-20(21)28)14-4-6-15(7-5-14)24(31)18-2-1-3-19(18)25(32)33/h4-13,18-19H,1-3H2,(H,29,30)(H,32,33). The van der Waals surface area contributed by atoms with E-state index < -0.39 is 23.6 Å². The number of carboxylic acids is 1. The van der Waals surface area contributed by atoms with Gasteiger partial charge in [-0.3, -0.25) is 9.59 Å². The van der Waals surface area contributed by atoms with Gasteiger partial charge in [0.2, 0.25) is 0 Å². The predicted molar refractivity (Wildman–Crippen MR) is 127 cm³/mol. The zero-order valence-electron chi connectivity index (χ0n) is 17.9. The highest BCUT2D eigenvalue weighted by Crippen LogP contribution is 2.35. The maximum atomic E-state index is 14.8. The van der Waals surface area contributed by atoms with Gasteiger partial charge in [0.05, 0.1) is 21.8 Å². The van der Waals surface area contributed by atoms with Gasteiger partial charge >= 0.3 is 5.97 Å². The fourth-order valence-corrected chi connectivity index (χ4v) is 5.33. The molecule has 0 aliphatic heterocycles. The highest BCUT2D eigenvalue weighted by Gasteiger charge is 2.37. The highest BCUT2D eigenvalue weighted by atomic mass is 32.1. The number of hydrogen-bond donors (Lipinski definition) is 2. The van der Waals surface area contributed by atoms with Crippen LogP contribution in [0.5, 0.6) is 0 Å². The first-order valence-electron chi connectivity index (χ1n) is 10.9. The van der Waals surface area contributed by atoms with Gasteiger partial charge in [-0.2, -0.15) is 0 Å². The van der Waals surface area contributed by atoms with Crippen LogP contribution in [0.3, 0.4) is 0 Å². The number of aromatic nitrogens is 1. The average Bonchev–Trinajstić information content (AvgIpc) is 3.47. The molecule has 172 valence electrons. The number of fused-ring (bicyclic) bond motifs is 1. The van der Waals surface area contributed by atoms with E-state index in [2.05, 4.69) is 10.3 Å². The lowest BCUT2D eigenvalue weighted by Crippen LogP contribution is -2.25. The van der Waals surface area contributed by atoms with Crippen LogP contribution in [-0.2, 0) is 4.79 Å². The number of nitrogens with one attached hydrogen (secondary N) is 1. The molecule has 3 aromatic carbocycles. The minimum atomic E-state index is -0.922. The van der Waals surface area contributed by atoms with Crippen LogP contribution in [0.4, 0.5) is 19.6 Å². The van der Waals surface area contributed by atoms with E-state index in [0.29, 0.717) is 34.6 Å². The monoisotopic (exact) mass is 478 g/mol. The van der Waals surface area contributed by atoms with E-state index in [0.717, 1.165) is 16.7 Å². The number of nitrogens with zero attached hydrogens (tertiary/aromatic N) is 1. The third-order valence-electron chi connectivity index (χ3n) is 6.23. The van der Waals surface area contributed by atoms with Crippen LogP contribution >= 0.6 is 11.3 Å². The molecule has 1 aromatic heterocycles. The summed E-state index contributed by atoms with van der Waals surface area (Å²) in [5.41, 5.74) is 2.59. The highest BCUT2D eigenvalue weighted by molar-refractivity contribution is 7.22. The number of carboxylic acid groups (broad SMARTS) is 1. The molecule has 4 aromatic rings. The third kappa shape index (κ3) is 4.28. The van der Waals surface area contributed by atoms with Gasteiger partial charge in [-0.1, -0.05) is 48.1 Å². The molecule has 0 bridgehead atoms. The maximum absolute atomic E-state index is 14.8. The van der Waals surface area contributed by atoms with Crippen molar-refractivity contribution in [2.75, 3.05) is 5.32 Å². The zero-order valence-corrected chi connectivity index (χ0v) is 18.7. The summed E-state index contributed by atoms with van der Waals surface area (Å²) in [4.78, 5) is 28.5. The van der Waals surface area contributed by atoms with Crippen LogP contribution in [-0.4, -0.2) is 21.8 Å². The molecule has 2 N–H and O–H groups in total. The Morgan fingerprint density at radius 1 is 0.941 bits per heavy atom. The Morgan fingerprint density at radius 3 is 2.41 bits per heavy atom. The number of anilines is 2. The number of halogens is 2. The summed E-state index contributed by atoms with van der Waals surface area (Å²) in [7, 11) is 0. The van der Waals surface area contributed by atoms with Gasteiger partial charge in [-0.25, -0.2) is 13.8 Å². The Morgan fingerprint density at radius 2 is 1.68 bits per heavy atom. The number of Topliss-reactive ketones (excluding diaryl/α,β-unsaturated/α-hetero) is 1. The van der Waals surface area contributed by atoms with Crippen molar-refractivity contribution in [1.29, 1.82) is 0 Å². The molecule has 5 rings (SSSR count). The molecule has 1 aliphatic rings. The number of rotatable bonds is 6. The molecule has 2 atom stereocenters. The number of thiazole rings is 1. The van der Waals surface area contributed by atoms with Crippen LogP contribution in [0.2, 0.25) is 0 Å². The lowest BCUT2D eigenvalue weighted by molar-refractivity contribution is -0.142. The summed E-state index contributed by atoms with van der Waals surface area (Å²) < 4.78 is 29.0. The average molecular weight is 479 g/mol. The first kappa shape index (κ1) is 22.2. The van der Waals surface area contributed by atoms with E-state index >= 15 is 0 Å². The van der Waals surface area contributed by atoms with E-state index in [-0.39, 0.29) is 17.3 Å². The fourth-order valence-electron chi connectivity index (χ4n) is 4.48. The number of ketones is 1. The van der Waals surface area contributed by atoms with Gasteiger partial charge in [-0.05, 0) is 48.2 Å². The molecule has 1 aliphatic carbocycles. The molecule has 2 unspecified atom stereocenters. The van der Waals surface area contributed by atoms with Crippen LogP contribution in [0.15, 0.2) is 60.7 Å². The Labute approximate surface area is 198 Å². The third-order valence-corrected chi connectivity index (χ3v) is 7.18. The summed E-state index contributed by atoms with van der Waals surface area (Å²) in [6.07, 6.45) is 1.84. The summed E-state index contributed by atoms with van der Waals surface area (Å²) in [5.74, 6) is -3.05. The van der Waals surface area contributed by atoms with Crippen molar-refractivity contribution in [3.05, 3.63) is 77.9 Å². The van der Waals surface area contributed by atoms with E-state index in [1.807, 2.05) is 0 Å². The van der Waals surface area contributed by atoms with Crippen LogP contribution in [0.1, 0.15) is 29.6 Å². The quantitative estimate of drug-likeness (QED) is 0.303. The van der Waals surface area contributed by atoms with Crippen molar-refractivity contribution in [3.63, 3.8) is 0 Å². The molecule has 1 fully saturated rings. The van der Waals surface area contributed by atoms with Crippen molar-refractivity contribution in [2.45, 2.75) is 19.3 Å². The molecule has 1 saturated carbocycles. The molecule has 0 amide bonds. The van der Waals surface area contributed by atoms with Gasteiger partial charge < -0.3 is 10.4 Å². The smallest absolute Gasteiger partial charge is 0.307 e. The van der Waals surface area contributed by atoms with Crippen molar-refractivity contribution in [3.8, 4) is 11.1 Å². The molecule has 0 spiro atoms. The van der Waals surface area contributed by atoms with Gasteiger partial charge in [0.25, 0.3) is 0 Å². The van der Waals surface area contributed by atoms with Crippen molar-refractivity contribution in [2.24, 2.45) is 11.8 Å². The summed E-state index contributed by atoms with van der Waals surface area (Å²) >= 11 is 1.30. The van der Waals surface area contributed by atoms with E-state index in [4.69, 9.17) is 0 Å².